The summed E-state index contributed by atoms with van der Waals surface area (Å²) >= 11 is 0. The van der Waals surface area contributed by atoms with Gasteiger partial charge in [-0.1, -0.05) is 36.4 Å². The summed E-state index contributed by atoms with van der Waals surface area (Å²) in [6, 6.07) is 18.5. The van der Waals surface area contributed by atoms with Crippen LogP contribution in [0.25, 0.3) is 27.6 Å². The Morgan fingerprint density at radius 3 is 2.45 bits per heavy atom. The third-order valence-electron chi connectivity index (χ3n) is 3.75. The smallest absolute Gasteiger partial charge is 0.288 e. The van der Waals surface area contributed by atoms with Gasteiger partial charge in [0.1, 0.15) is 11.3 Å². The van der Waals surface area contributed by atoms with Gasteiger partial charge in [0.15, 0.2) is 0 Å². The van der Waals surface area contributed by atoms with Crippen molar-refractivity contribution < 1.29 is 4.92 Å². The van der Waals surface area contributed by atoms with Crippen molar-refractivity contribution in [3.05, 3.63) is 77.0 Å². The zero-order valence-corrected chi connectivity index (χ0v) is 11.5. The summed E-state index contributed by atoms with van der Waals surface area (Å²) in [6.07, 6.45) is 1.69. The van der Waals surface area contributed by atoms with Crippen molar-refractivity contribution in [2.24, 2.45) is 0 Å². The molecule has 0 saturated heterocycles. The van der Waals surface area contributed by atoms with Gasteiger partial charge in [0.25, 0.3) is 5.69 Å². The Labute approximate surface area is 125 Å². The number of hydrogen-bond acceptors (Lipinski definition) is 3. The molecule has 0 aliphatic carbocycles. The van der Waals surface area contributed by atoms with Gasteiger partial charge in [-0.3, -0.25) is 14.7 Å². The maximum absolute atomic E-state index is 11.4. The molecule has 0 bridgehead atoms. The molecule has 2 heterocycles. The molecule has 2 aromatic carbocycles. The molecule has 0 spiro atoms. The van der Waals surface area contributed by atoms with Crippen LogP contribution in [0.1, 0.15) is 0 Å². The highest BCUT2D eigenvalue weighted by molar-refractivity contribution is 6.11. The first-order valence-electron chi connectivity index (χ1n) is 6.85. The van der Waals surface area contributed by atoms with E-state index in [1.807, 2.05) is 53.1 Å². The molecule has 106 valence electrons. The number of fused-ring (bicyclic) bond motifs is 3. The average Bonchev–Trinajstić information content (AvgIpc) is 2.90. The van der Waals surface area contributed by atoms with Crippen molar-refractivity contribution in [2.75, 3.05) is 0 Å². The van der Waals surface area contributed by atoms with Gasteiger partial charge in [0, 0.05) is 23.0 Å². The van der Waals surface area contributed by atoms with E-state index in [4.69, 9.17) is 0 Å². The lowest BCUT2D eigenvalue weighted by molar-refractivity contribution is -0.383. The van der Waals surface area contributed by atoms with Crippen LogP contribution in [0.5, 0.6) is 0 Å². The molecule has 22 heavy (non-hydrogen) atoms. The van der Waals surface area contributed by atoms with Gasteiger partial charge in [0.05, 0.1) is 10.4 Å². The third kappa shape index (κ3) is 1.69. The number of pyridine rings is 1. The molecule has 0 aliphatic rings. The van der Waals surface area contributed by atoms with Crippen LogP contribution in [0.3, 0.4) is 0 Å². The number of rotatable bonds is 2. The summed E-state index contributed by atoms with van der Waals surface area (Å²) in [4.78, 5) is 15.5. The van der Waals surface area contributed by atoms with Crippen LogP contribution in [-0.4, -0.2) is 14.5 Å². The molecule has 0 saturated carbocycles. The lowest BCUT2D eigenvalue weighted by Crippen LogP contribution is -1.99. The van der Waals surface area contributed by atoms with Crippen molar-refractivity contribution >= 4 is 27.5 Å². The van der Waals surface area contributed by atoms with Crippen LogP contribution >= 0.6 is 0 Å². The van der Waals surface area contributed by atoms with Crippen molar-refractivity contribution in [1.29, 1.82) is 0 Å². The highest BCUT2D eigenvalue weighted by Gasteiger charge is 2.20. The molecule has 4 aromatic rings. The molecule has 5 heteroatoms. The van der Waals surface area contributed by atoms with E-state index in [1.54, 1.807) is 12.3 Å². The molecule has 0 atom stereocenters. The number of nitrogens with zero attached hydrogens (tertiary/aromatic N) is 3. The minimum Gasteiger partial charge on any atom is -0.288 e. The third-order valence-corrected chi connectivity index (χ3v) is 3.75. The maximum atomic E-state index is 11.4. The first-order valence-corrected chi connectivity index (χ1v) is 6.85. The summed E-state index contributed by atoms with van der Waals surface area (Å²) in [7, 11) is 0. The lowest BCUT2D eigenvalue weighted by Gasteiger charge is -2.06. The Bertz CT molecular complexity index is 1010. The number of aromatic nitrogens is 2. The first-order chi connectivity index (χ1) is 10.8. The van der Waals surface area contributed by atoms with Crippen LogP contribution in [0, 0.1) is 10.1 Å². The Morgan fingerprint density at radius 2 is 1.68 bits per heavy atom. The van der Waals surface area contributed by atoms with E-state index in [9.17, 15) is 10.1 Å². The van der Waals surface area contributed by atoms with E-state index < -0.39 is 0 Å². The van der Waals surface area contributed by atoms with Crippen molar-refractivity contribution in [2.45, 2.75) is 0 Å². The summed E-state index contributed by atoms with van der Waals surface area (Å²) < 4.78 is 1.85. The van der Waals surface area contributed by atoms with Crippen molar-refractivity contribution in [3.8, 4) is 5.82 Å². The molecule has 0 N–H and O–H groups in total. The summed E-state index contributed by atoms with van der Waals surface area (Å²) in [6.45, 7) is 0. The van der Waals surface area contributed by atoms with E-state index in [0.717, 1.165) is 16.3 Å². The summed E-state index contributed by atoms with van der Waals surface area (Å²) in [5, 5.41) is 13.3. The van der Waals surface area contributed by atoms with Gasteiger partial charge in [-0.15, -0.1) is 0 Å². The minimum atomic E-state index is -0.347. The predicted molar refractivity (Wildman–Crippen MR) is 85.2 cm³/mol. The fourth-order valence-corrected chi connectivity index (χ4v) is 2.87. The van der Waals surface area contributed by atoms with Crippen molar-refractivity contribution in [1.82, 2.24) is 9.55 Å². The Kier molecular flexibility index (Phi) is 2.66. The SMILES string of the molecule is O=[N+]([O-])c1cccc2c3ccccc3n(-c3ccccn3)c12. The standard InChI is InChI=1S/C17H11N3O2/c21-20(22)15-9-5-7-13-12-6-1-2-8-14(12)19(17(13)15)16-10-3-4-11-18-16/h1-11H. The average molecular weight is 289 g/mol. The second-order valence-corrected chi connectivity index (χ2v) is 4.97. The molecule has 0 amide bonds. The van der Waals surface area contributed by atoms with Gasteiger partial charge in [-0.05, 0) is 18.2 Å². The van der Waals surface area contributed by atoms with E-state index in [2.05, 4.69) is 4.98 Å². The van der Waals surface area contributed by atoms with Crippen molar-refractivity contribution in [3.63, 3.8) is 0 Å². The molecule has 4 rings (SSSR count). The van der Waals surface area contributed by atoms with Crippen LogP contribution < -0.4 is 0 Å². The molecule has 2 aromatic heterocycles. The molecule has 0 radical (unpaired) electrons. The first kappa shape index (κ1) is 12.5. The second kappa shape index (κ2) is 4.66. The Balaban J connectivity index is 2.27. The molecule has 5 nitrogen and oxygen atoms in total. The van der Waals surface area contributed by atoms with Gasteiger partial charge in [0.2, 0.25) is 0 Å². The maximum Gasteiger partial charge on any atom is 0.293 e. The number of hydrogen-bond donors (Lipinski definition) is 0. The highest BCUT2D eigenvalue weighted by atomic mass is 16.6. The van der Waals surface area contributed by atoms with Gasteiger partial charge in [-0.25, -0.2) is 4.98 Å². The van der Waals surface area contributed by atoms with E-state index in [1.165, 1.54) is 6.07 Å². The van der Waals surface area contributed by atoms with Gasteiger partial charge in [-0.2, -0.15) is 0 Å². The summed E-state index contributed by atoms with van der Waals surface area (Å²) in [5.41, 5.74) is 1.57. The number of para-hydroxylation sites is 2. The monoisotopic (exact) mass is 289 g/mol. The van der Waals surface area contributed by atoms with Gasteiger partial charge >= 0.3 is 0 Å². The fraction of sp³-hybridized carbons (Fsp3) is 0. The predicted octanol–water partition coefficient (Wildman–Crippen LogP) is 4.09. The van der Waals surface area contributed by atoms with Crippen LogP contribution in [0.2, 0.25) is 0 Å². The second-order valence-electron chi connectivity index (χ2n) is 4.97. The van der Waals surface area contributed by atoms with E-state index >= 15 is 0 Å². The molecular weight excluding hydrogens is 278 g/mol. The van der Waals surface area contributed by atoms with Crippen LogP contribution in [0.4, 0.5) is 5.69 Å². The molecule has 0 aliphatic heterocycles. The number of non-ortho nitro benzene ring substituents is 1. The molecule has 0 unspecified atom stereocenters. The largest absolute Gasteiger partial charge is 0.293 e. The molecular formula is C17H11N3O2. The lowest BCUT2D eigenvalue weighted by atomic mass is 10.1. The number of benzene rings is 2. The van der Waals surface area contributed by atoms with E-state index in [0.29, 0.717) is 11.3 Å². The van der Waals surface area contributed by atoms with E-state index in [-0.39, 0.29) is 10.6 Å². The Hall–Kier alpha value is -3.21. The van der Waals surface area contributed by atoms with Crippen LogP contribution in [-0.2, 0) is 0 Å². The number of nitro groups is 1. The molecule has 0 fully saturated rings. The van der Waals surface area contributed by atoms with Crippen LogP contribution in [0.15, 0.2) is 66.9 Å². The fourth-order valence-electron chi connectivity index (χ4n) is 2.87. The topological polar surface area (TPSA) is 61.0 Å². The highest BCUT2D eigenvalue weighted by Crippen LogP contribution is 2.36. The zero-order chi connectivity index (χ0) is 15.1. The van der Waals surface area contributed by atoms with Gasteiger partial charge < -0.3 is 0 Å². The Morgan fingerprint density at radius 1 is 0.909 bits per heavy atom. The quantitative estimate of drug-likeness (QED) is 0.412. The normalized spacial score (nSPS) is 11.1. The zero-order valence-electron chi connectivity index (χ0n) is 11.5. The minimum absolute atomic E-state index is 0.0827. The number of nitro benzene ring substituents is 1. The summed E-state index contributed by atoms with van der Waals surface area (Å²) in [5.74, 6) is 0.669.